The van der Waals surface area contributed by atoms with Crippen molar-refractivity contribution >= 4 is 5.96 Å². The maximum absolute atomic E-state index is 5.56. The summed E-state index contributed by atoms with van der Waals surface area (Å²) in [4.78, 5) is 6.83. The molecule has 1 aromatic carbocycles. The molecule has 0 aliphatic carbocycles. The van der Waals surface area contributed by atoms with Gasteiger partial charge in [0, 0.05) is 33.2 Å². The van der Waals surface area contributed by atoms with Gasteiger partial charge in [0.2, 0.25) is 0 Å². The molecule has 1 heterocycles. The van der Waals surface area contributed by atoms with Gasteiger partial charge in [-0.1, -0.05) is 26.8 Å². The van der Waals surface area contributed by atoms with Gasteiger partial charge < -0.3 is 24.8 Å². The molecular formula is C22H38N4O3. The van der Waals surface area contributed by atoms with Crippen LogP contribution in [0.4, 0.5) is 0 Å². The number of rotatable bonds is 8. The van der Waals surface area contributed by atoms with E-state index >= 15 is 0 Å². The zero-order valence-corrected chi connectivity index (χ0v) is 18.9. The van der Waals surface area contributed by atoms with Gasteiger partial charge in [0.1, 0.15) is 0 Å². The molecule has 1 fully saturated rings. The highest BCUT2D eigenvalue weighted by Crippen LogP contribution is 2.32. The molecule has 7 nitrogen and oxygen atoms in total. The lowest BCUT2D eigenvalue weighted by Crippen LogP contribution is -2.46. The summed E-state index contributed by atoms with van der Waals surface area (Å²) in [6.07, 6.45) is 1.08. The van der Waals surface area contributed by atoms with Crippen LogP contribution in [-0.2, 0) is 4.74 Å². The van der Waals surface area contributed by atoms with Gasteiger partial charge in [-0.15, -0.1) is 0 Å². The molecule has 0 spiro atoms. The fraction of sp³-hybridized carbons (Fsp3) is 0.682. The predicted molar refractivity (Wildman–Crippen MR) is 118 cm³/mol. The highest BCUT2D eigenvalue weighted by atomic mass is 16.5. The number of guanidine groups is 1. The highest BCUT2D eigenvalue weighted by Gasteiger charge is 2.24. The van der Waals surface area contributed by atoms with Crippen molar-refractivity contribution in [1.82, 2.24) is 15.5 Å². The van der Waals surface area contributed by atoms with E-state index in [-0.39, 0.29) is 6.04 Å². The Hall–Kier alpha value is -1.99. The summed E-state index contributed by atoms with van der Waals surface area (Å²) in [5, 5.41) is 6.93. The van der Waals surface area contributed by atoms with E-state index in [0.29, 0.717) is 5.41 Å². The normalized spacial score (nSPS) is 17.0. The molecule has 29 heavy (non-hydrogen) atoms. The first-order valence-electron chi connectivity index (χ1n) is 10.4. The van der Waals surface area contributed by atoms with Gasteiger partial charge in [0.25, 0.3) is 0 Å². The molecule has 1 saturated heterocycles. The minimum atomic E-state index is 0.180. The smallest absolute Gasteiger partial charge is 0.191 e. The average Bonchev–Trinajstić information content (AvgIpc) is 2.72. The molecule has 2 N–H and O–H groups in total. The van der Waals surface area contributed by atoms with Gasteiger partial charge in [-0.2, -0.15) is 0 Å². The Labute approximate surface area is 175 Å². The number of nitrogens with zero attached hydrogens (tertiary/aromatic N) is 2. The highest BCUT2D eigenvalue weighted by molar-refractivity contribution is 5.79. The predicted octanol–water partition coefficient (Wildman–Crippen LogP) is 2.68. The number of hydrogen-bond donors (Lipinski definition) is 2. The van der Waals surface area contributed by atoms with E-state index in [1.165, 1.54) is 5.56 Å². The van der Waals surface area contributed by atoms with Gasteiger partial charge >= 0.3 is 0 Å². The molecular weight excluding hydrogens is 368 g/mol. The number of methoxy groups -OCH3 is 2. The number of benzene rings is 1. The fourth-order valence-electron chi connectivity index (χ4n) is 3.38. The third-order valence-electron chi connectivity index (χ3n) is 5.13. The van der Waals surface area contributed by atoms with Gasteiger partial charge in [0.05, 0.1) is 33.5 Å². The van der Waals surface area contributed by atoms with Gasteiger partial charge in [-0.05, 0) is 29.5 Å². The maximum Gasteiger partial charge on any atom is 0.191 e. The van der Waals surface area contributed by atoms with Crippen molar-refractivity contribution in [2.24, 2.45) is 10.4 Å². The minimum Gasteiger partial charge on any atom is -0.493 e. The summed E-state index contributed by atoms with van der Waals surface area (Å²) < 4.78 is 16.5. The van der Waals surface area contributed by atoms with Crippen LogP contribution in [0.2, 0.25) is 0 Å². The summed E-state index contributed by atoms with van der Waals surface area (Å²) in [5.74, 6) is 2.31. The number of hydrogen-bond acceptors (Lipinski definition) is 5. The lowest BCUT2D eigenvalue weighted by molar-refractivity contribution is 0.0169. The zero-order chi connectivity index (χ0) is 21.3. The minimum absolute atomic E-state index is 0.180. The second-order valence-corrected chi connectivity index (χ2v) is 8.47. The lowest BCUT2D eigenvalue weighted by atomic mass is 9.92. The third-order valence-corrected chi connectivity index (χ3v) is 5.13. The van der Waals surface area contributed by atoms with Crippen molar-refractivity contribution in [2.75, 3.05) is 60.7 Å². The van der Waals surface area contributed by atoms with Crippen molar-refractivity contribution in [3.8, 4) is 11.5 Å². The molecule has 1 unspecified atom stereocenters. The van der Waals surface area contributed by atoms with Crippen LogP contribution >= 0.6 is 0 Å². The van der Waals surface area contributed by atoms with Crippen LogP contribution in [0.1, 0.15) is 38.8 Å². The number of ether oxygens (including phenoxy) is 3. The summed E-state index contributed by atoms with van der Waals surface area (Å²) in [7, 11) is 5.14. The Morgan fingerprint density at radius 2 is 1.83 bits per heavy atom. The second-order valence-electron chi connectivity index (χ2n) is 8.47. The Balaban J connectivity index is 2.10. The Morgan fingerprint density at radius 3 is 2.41 bits per heavy atom. The topological polar surface area (TPSA) is 67.4 Å². The van der Waals surface area contributed by atoms with E-state index in [4.69, 9.17) is 14.2 Å². The maximum atomic E-state index is 5.56. The number of aliphatic imine (C=N–C) groups is 1. The van der Waals surface area contributed by atoms with Crippen LogP contribution in [0.5, 0.6) is 11.5 Å². The van der Waals surface area contributed by atoms with Gasteiger partial charge in [0.15, 0.2) is 17.5 Å². The van der Waals surface area contributed by atoms with Crippen LogP contribution < -0.4 is 20.1 Å². The number of nitrogens with one attached hydrogen (secondary N) is 2. The fourth-order valence-corrected chi connectivity index (χ4v) is 3.38. The first kappa shape index (κ1) is 23.3. The van der Waals surface area contributed by atoms with Crippen LogP contribution in [-0.4, -0.2) is 71.5 Å². The molecule has 0 amide bonds. The molecule has 7 heteroatoms. The van der Waals surface area contributed by atoms with Crippen molar-refractivity contribution in [1.29, 1.82) is 0 Å². The molecule has 164 valence electrons. The average molecular weight is 407 g/mol. The summed E-state index contributed by atoms with van der Waals surface area (Å²) in [6.45, 7) is 11.7. The first-order chi connectivity index (χ1) is 13.9. The molecule has 0 radical (unpaired) electrons. The van der Waals surface area contributed by atoms with E-state index < -0.39 is 0 Å². The SMILES string of the molecule is CN=C(NCCC(C)(C)C)NCC(c1ccc(OC)c(OC)c1)N1CCOCC1. The van der Waals surface area contributed by atoms with E-state index in [0.717, 1.165) is 63.3 Å². The summed E-state index contributed by atoms with van der Waals surface area (Å²) in [5.41, 5.74) is 1.48. The third kappa shape index (κ3) is 7.40. The van der Waals surface area contributed by atoms with Crippen LogP contribution in [0.3, 0.4) is 0 Å². The quantitative estimate of drug-likeness (QED) is 0.511. The van der Waals surface area contributed by atoms with Crippen LogP contribution in [0.25, 0.3) is 0 Å². The van der Waals surface area contributed by atoms with E-state index in [1.807, 2.05) is 13.1 Å². The molecule has 1 aliphatic rings. The molecule has 0 saturated carbocycles. The van der Waals surface area contributed by atoms with Crippen molar-refractivity contribution in [3.63, 3.8) is 0 Å². The van der Waals surface area contributed by atoms with E-state index in [1.54, 1.807) is 14.2 Å². The molecule has 0 aromatic heterocycles. The molecule has 1 aliphatic heterocycles. The van der Waals surface area contributed by atoms with E-state index in [2.05, 4.69) is 53.4 Å². The molecule has 2 rings (SSSR count). The number of morpholine rings is 1. The Morgan fingerprint density at radius 1 is 1.14 bits per heavy atom. The largest absolute Gasteiger partial charge is 0.493 e. The Kier molecular flexibility index (Phi) is 9.04. The molecule has 1 atom stereocenters. The molecule has 0 bridgehead atoms. The second kappa shape index (κ2) is 11.3. The van der Waals surface area contributed by atoms with Gasteiger partial charge in [-0.25, -0.2) is 0 Å². The molecule has 1 aromatic rings. The standard InChI is InChI=1S/C22H38N4O3/c1-22(2,3)9-10-24-21(23-4)25-16-18(26-11-13-29-14-12-26)17-7-8-19(27-5)20(15-17)28-6/h7-8,15,18H,9-14,16H2,1-6H3,(H2,23,24,25). The zero-order valence-electron chi connectivity index (χ0n) is 18.9. The van der Waals surface area contributed by atoms with Crippen molar-refractivity contribution in [2.45, 2.75) is 33.2 Å². The Bertz CT molecular complexity index is 652. The van der Waals surface area contributed by atoms with Crippen molar-refractivity contribution in [3.05, 3.63) is 23.8 Å². The summed E-state index contributed by atoms with van der Waals surface area (Å²) in [6, 6.07) is 6.33. The first-order valence-corrected chi connectivity index (χ1v) is 10.4. The van der Waals surface area contributed by atoms with Gasteiger partial charge in [-0.3, -0.25) is 9.89 Å². The van der Waals surface area contributed by atoms with E-state index in [9.17, 15) is 0 Å². The van der Waals surface area contributed by atoms with Crippen LogP contribution in [0.15, 0.2) is 23.2 Å². The lowest BCUT2D eigenvalue weighted by Gasteiger charge is -2.35. The van der Waals surface area contributed by atoms with Crippen LogP contribution in [0, 0.1) is 5.41 Å². The monoisotopic (exact) mass is 406 g/mol. The summed E-state index contributed by atoms with van der Waals surface area (Å²) >= 11 is 0. The van der Waals surface area contributed by atoms with Crippen molar-refractivity contribution < 1.29 is 14.2 Å².